The van der Waals surface area contributed by atoms with Crippen molar-refractivity contribution in [1.82, 2.24) is 4.98 Å². The van der Waals surface area contributed by atoms with Crippen LogP contribution in [0, 0.1) is 0 Å². The summed E-state index contributed by atoms with van der Waals surface area (Å²) in [5.74, 6) is -0.815. The number of ether oxygens (including phenoxy) is 1. The molecule has 0 unspecified atom stereocenters. The standard InChI is InChI=1S/C11H11NO3/c1-8(11(14)15-2)7-10(13)9-5-3-4-6-12-9/h3-6H,1,7H2,2H3. The van der Waals surface area contributed by atoms with Crippen molar-refractivity contribution in [3.63, 3.8) is 0 Å². The first-order valence-electron chi connectivity index (χ1n) is 4.35. The molecule has 1 aromatic heterocycles. The van der Waals surface area contributed by atoms with Crippen molar-refractivity contribution in [2.24, 2.45) is 0 Å². The maximum Gasteiger partial charge on any atom is 0.333 e. The van der Waals surface area contributed by atoms with Gasteiger partial charge >= 0.3 is 5.97 Å². The van der Waals surface area contributed by atoms with Crippen molar-refractivity contribution < 1.29 is 14.3 Å². The number of rotatable bonds is 4. The van der Waals surface area contributed by atoms with E-state index < -0.39 is 5.97 Å². The van der Waals surface area contributed by atoms with E-state index in [4.69, 9.17) is 0 Å². The summed E-state index contributed by atoms with van der Waals surface area (Å²) in [6, 6.07) is 5.01. The minimum atomic E-state index is -0.570. The zero-order chi connectivity index (χ0) is 11.3. The molecule has 0 aliphatic carbocycles. The SMILES string of the molecule is C=C(CC(=O)c1ccccn1)C(=O)OC. The smallest absolute Gasteiger partial charge is 0.333 e. The molecule has 0 aliphatic heterocycles. The normalized spacial score (nSPS) is 9.40. The van der Waals surface area contributed by atoms with E-state index in [1.165, 1.54) is 13.3 Å². The van der Waals surface area contributed by atoms with Crippen LogP contribution in [0.5, 0.6) is 0 Å². The van der Waals surface area contributed by atoms with Gasteiger partial charge in [0, 0.05) is 18.2 Å². The topological polar surface area (TPSA) is 56.3 Å². The predicted molar refractivity (Wildman–Crippen MR) is 54.3 cm³/mol. The Morgan fingerprint density at radius 1 is 1.47 bits per heavy atom. The molecule has 1 rings (SSSR count). The summed E-state index contributed by atoms with van der Waals surface area (Å²) in [7, 11) is 1.25. The number of Topliss-reactive ketones (excluding diaryl/α,β-unsaturated/α-hetero) is 1. The average Bonchev–Trinajstić information content (AvgIpc) is 2.29. The van der Waals surface area contributed by atoms with Crippen LogP contribution in [0.25, 0.3) is 0 Å². The van der Waals surface area contributed by atoms with E-state index in [1.54, 1.807) is 18.2 Å². The number of carbonyl (C=O) groups is 2. The average molecular weight is 205 g/mol. The third-order valence-electron chi connectivity index (χ3n) is 1.80. The van der Waals surface area contributed by atoms with E-state index in [0.29, 0.717) is 5.69 Å². The quantitative estimate of drug-likeness (QED) is 0.423. The molecule has 0 saturated heterocycles. The van der Waals surface area contributed by atoms with Crippen LogP contribution in [0.2, 0.25) is 0 Å². The Morgan fingerprint density at radius 2 is 2.20 bits per heavy atom. The summed E-state index contributed by atoms with van der Waals surface area (Å²) >= 11 is 0. The number of hydrogen-bond donors (Lipinski definition) is 0. The van der Waals surface area contributed by atoms with Crippen LogP contribution in [0.4, 0.5) is 0 Å². The summed E-state index contributed by atoms with van der Waals surface area (Å²) in [6.07, 6.45) is 1.46. The van der Waals surface area contributed by atoms with Crippen LogP contribution in [0.1, 0.15) is 16.9 Å². The van der Waals surface area contributed by atoms with Crippen LogP contribution < -0.4 is 0 Å². The van der Waals surface area contributed by atoms with Gasteiger partial charge in [0.2, 0.25) is 0 Å². The highest BCUT2D eigenvalue weighted by atomic mass is 16.5. The van der Waals surface area contributed by atoms with Crippen LogP contribution in [0.3, 0.4) is 0 Å². The number of pyridine rings is 1. The lowest BCUT2D eigenvalue weighted by Crippen LogP contribution is -2.10. The second-order valence-corrected chi connectivity index (χ2v) is 2.91. The minimum Gasteiger partial charge on any atom is -0.466 e. The molecule has 1 aromatic rings. The predicted octanol–water partition coefficient (Wildman–Crippen LogP) is 1.38. The highest BCUT2D eigenvalue weighted by Gasteiger charge is 2.13. The fraction of sp³-hybridized carbons (Fsp3) is 0.182. The van der Waals surface area contributed by atoms with Gasteiger partial charge in [-0.15, -0.1) is 0 Å². The van der Waals surface area contributed by atoms with Gasteiger partial charge in [-0.25, -0.2) is 4.79 Å². The summed E-state index contributed by atoms with van der Waals surface area (Å²) in [5.41, 5.74) is 0.454. The summed E-state index contributed by atoms with van der Waals surface area (Å²) in [5, 5.41) is 0. The van der Waals surface area contributed by atoms with Gasteiger partial charge in [-0.05, 0) is 12.1 Å². The molecule has 78 valence electrons. The number of esters is 1. The first kappa shape index (κ1) is 11.1. The molecule has 1 heterocycles. The largest absolute Gasteiger partial charge is 0.466 e. The monoisotopic (exact) mass is 205 g/mol. The van der Waals surface area contributed by atoms with Gasteiger partial charge < -0.3 is 4.74 Å². The molecule has 0 amide bonds. The van der Waals surface area contributed by atoms with Crippen LogP contribution in [-0.2, 0) is 9.53 Å². The van der Waals surface area contributed by atoms with E-state index in [0.717, 1.165) is 0 Å². The first-order chi connectivity index (χ1) is 7.15. The molecular weight excluding hydrogens is 194 g/mol. The van der Waals surface area contributed by atoms with Gasteiger partial charge in [-0.2, -0.15) is 0 Å². The van der Waals surface area contributed by atoms with E-state index in [-0.39, 0.29) is 17.8 Å². The molecule has 0 saturated carbocycles. The molecule has 15 heavy (non-hydrogen) atoms. The fourth-order valence-electron chi connectivity index (χ4n) is 1.03. The van der Waals surface area contributed by atoms with Crippen LogP contribution in [-0.4, -0.2) is 23.8 Å². The van der Waals surface area contributed by atoms with E-state index in [9.17, 15) is 9.59 Å². The Bertz CT molecular complexity index is 384. The molecular formula is C11H11NO3. The van der Waals surface area contributed by atoms with E-state index in [1.807, 2.05) is 0 Å². The first-order valence-corrected chi connectivity index (χ1v) is 4.35. The zero-order valence-electron chi connectivity index (χ0n) is 8.40. The molecule has 0 radical (unpaired) electrons. The molecule has 4 heteroatoms. The number of nitrogens with zero attached hydrogens (tertiary/aromatic N) is 1. The second kappa shape index (κ2) is 5.05. The van der Waals surface area contributed by atoms with Crippen molar-refractivity contribution in [1.29, 1.82) is 0 Å². The van der Waals surface area contributed by atoms with Gasteiger partial charge in [0.25, 0.3) is 0 Å². The lowest BCUT2D eigenvalue weighted by atomic mass is 10.1. The maximum absolute atomic E-state index is 11.5. The Labute approximate surface area is 87.6 Å². The molecule has 4 nitrogen and oxygen atoms in total. The van der Waals surface area contributed by atoms with Crippen molar-refractivity contribution >= 4 is 11.8 Å². The summed E-state index contributed by atoms with van der Waals surface area (Å²) < 4.78 is 4.44. The van der Waals surface area contributed by atoms with Crippen LogP contribution >= 0.6 is 0 Å². The van der Waals surface area contributed by atoms with Crippen molar-refractivity contribution in [2.45, 2.75) is 6.42 Å². The van der Waals surface area contributed by atoms with Gasteiger partial charge in [0.05, 0.1) is 7.11 Å². The number of methoxy groups -OCH3 is 1. The van der Waals surface area contributed by atoms with Crippen molar-refractivity contribution in [2.75, 3.05) is 7.11 Å². The fourth-order valence-corrected chi connectivity index (χ4v) is 1.03. The Balaban J connectivity index is 2.65. The Kier molecular flexibility index (Phi) is 3.74. The number of hydrogen-bond acceptors (Lipinski definition) is 4. The van der Waals surface area contributed by atoms with Gasteiger partial charge in [-0.1, -0.05) is 12.6 Å². The lowest BCUT2D eigenvalue weighted by molar-refractivity contribution is -0.136. The van der Waals surface area contributed by atoms with Crippen molar-refractivity contribution in [3.8, 4) is 0 Å². The number of aromatic nitrogens is 1. The number of carbonyl (C=O) groups excluding carboxylic acids is 2. The molecule has 0 spiro atoms. The Morgan fingerprint density at radius 3 is 2.73 bits per heavy atom. The molecule has 0 fully saturated rings. The third-order valence-corrected chi connectivity index (χ3v) is 1.80. The highest BCUT2D eigenvalue weighted by Crippen LogP contribution is 2.06. The molecule has 0 atom stereocenters. The third kappa shape index (κ3) is 3.02. The lowest BCUT2D eigenvalue weighted by Gasteiger charge is -2.01. The molecule has 0 aromatic carbocycles. The Hall–Kier alpha value is -1.97. The van der Waals surface area contributed by atoms with Gasteiger partial charge in [-0.3, -0.25) is 9.78 Å². The second-order valence-electron chi connectivity index (χ2n) is 2.91. The summed E-state index contributed by atoms with van der Waals surface area (Å²) in [4.78, 5) is 26.4. The van der Waals surface area contributed by atoms with E-state index >= 15 is 0 Å². The highest BCUT2D eigenvalue weighted by molar-refractivity contribution is 6.01. The number of ketones is 1. The summed E-state index contributed by atoms with van der Waals surface area (Å²) in [6.45, 7) is 3.47. The molecule has 0 aliphatic rings. The zero-order valence-corrected chi connectivity index (χ0v) is 8.40. The molecule has 0 bridgehead atoms. The molecule has 0 N–H and O–H groups in total. The maximum atomic E-state index is 11.5. The van der Waals surface area contributed by atoms with Gasteiger partial charge in [0.15, 0.2) is 5.78 Å². The van der Waals surface area contributed by atoms with Crippen molar-refractivity contribution in [3.05, 3.63) is 42.2 Å². The minimum absolute atomic E-state index is 0.0658. The van der Waals surface area contributed by atoms with Crippen LogP contribution in [0.15, 0.2) is 36.5 Å². The van der Waals surface area contributed by atoms with Gasteiger partial charge in [0.1, 0.15) is 5.69 Å². The van der Waals surface area contributed by atoms with E-state index in [2.05, 4.69) is 16.3 Å².